The van der Waals surface area contributed by atoms with Crippen LogP contribution in [0.1, 0.15) is 34.1 Å². The normalized spacial score (nSPS) is 27.9. The number of piperazine rings is 1. The molecule has 1 fully saturated rings. The summed E-state index contributed by atoms with van der Waals surface area (Å²) in [7, 11) is 0. The van der Waals surface area contributed by atoms with Crippen LogP contribution in [0.15, 0.2) is 24.3 Å². The molecule has 106 valence electrons. The summed E-state index contributed by atoms with van der Waals surface area (Å²) >= 11 is 2.37. The molecule has 19 heavy (non-hydrogen) atoms. The molecule has 2 rings (SSSR count). The van der Waals surface area contributed by atoms with Crippen molar-refractivity contribution in [2.24, 2.45) is 5.92 Å². The van der Waals surface area contributed by atoms with Gasteiger partial charge in [0.15, 0.2) is 0 Å². The number of anilines is 1. The number of hydrogen-bond acceptors (Lipinski definition) is 2. The highest BCUT2D eigenvalue weighted by molar-refractivity contribution is 14.1. The number of nitrogens with zero attached hydrogens (tertiary/aromatic N) is 1. The Bertz CT molecular complexity index is 415. The van der Waals surface area contributed by atoms with Crippen molar-refractivity contribution in [3.63, 3.8) is 0 Å². The van der Waals surface area contributed by atoms with Gasteiger partial charge in [0.1, 0.15) is 0 Å². The SMILES string of the molecule is CCC1(C)CN(c2ccc(I)cc2)C(C(C)C)CN1. The van der Waals surface area contributed by atoms with Crippen LogP contribution in [0.25, 0.3) is 0 Å². The van der Waals surface area contributed by atoms with E-state index in [1.54, 1.807) is 0 Å². The van der Waals surface area contributed by atoms with Gasteiger partial charge in [-0.1, -0.05) is 20.8 Å². The molecular weight excluding hydrogens is 347 g/mol. The first-order valence-electron chi connectivity index (χ1n) is 7.22. The van der Waals surface area contributed by atoms with E-state index in [1.807, 2.05) is 0 Å². The molecular formula is C16H25IN2. The molecule has 2 atom stereocenters. The smallest absolute Gasteiger partial charge is 0.0438 e. The molecule has 0 aromatic heterocycles. The first kappa shape index (κ1) is 15.1. The minimum atomic E-state index is 0.231. The fraction of sp³-hybridized carbons (Fsp3) is 0.625. The first-order valence-corrected chi connectivity index (χ1v) is 8.30. The Kier molecular flexibility index (Phi) is 4.77. The third-order valence-corrected chi connectivity index (χ3v) is 5.08. The first-order chi connectivity index (χ1) is 8.95. The van der Waals surface area contributed by atoms with Crippen LogP contribution in [-0.4, -0.2) is 24.7 Å². The molecule has 1 aliphatic rings. The average Bonchev–Trinajstić information content (AvgIpc) is 2.39. The van der Waals surface area contributed by atoms with E-state index in [-0.39, 0.29) is 5.54 Å². The molecule has 0 saturated carbocycles. The fourth-order valence-corrected chi connectivity index (χ4v) is 3.12. The lowest BCUT2D eigenvalue weighted by atomic mass is 9.89. The minimum Gasteiger partial charge on any atom is -0.365 e. The van der Waals surface area contributed by atoms with Gasteiger partial charge in [0.2, 0.25) is 0 Å². The number of halogens is 1. The monoisotopic (exact) mass is 372 g/mol. The summed E-state index contributed by atoms with van der Waals surface area (Å²) in [4.78, 5) is 2.60. The molecule has 0 bridgehead atoms. The van der Waals surface area contributed by atoms with Gasteiger partial charge in [0, 0.05) is 33.9 Å². The number of rotatable bonds is 3. The van der Waals surface area contributed by atoms with Crippen molar-refractivity contribution in [1.29, 1.82) is 0 Å². The Labute approximate surface area is 131 Å². The van der Waals surface area contributed by atoms with E-state index < -0.39 is 0 Å². The van der Waals surface area contributed by atoms with Crippen LogP contribution in [0.4, 0.5) is 5.69 Å². The van der Waals surface area contributed by atoms with Crippen molar-refractivity contribution in [3.05, 3.63) is 27.8 Å². The fourth-order valence-electron chi connectivity index (χ4n) is 2.76. The van der Waals surface area contributed by atoms with Gasteiger partial charge in [0.05, 0.1) is 0 Å². The Morgan fingerprint density at radius 1 is 1.37 bits per heavy atom. The number of hydrogen-bond donors (Lipinski definition) is 1. The quantitative estimate of drug-likeness (QED) is 0.810. The molecule has 1 aromatic rings. The van der Waals surface area contributed by atoms with E-state index in [0.29, 0.717) is 12.0 Å². The second-order valence-corrected chi connectivity index (χ2v) is 7.46. The predicted octanol–water partition coefficient (Wildman–Crippen LogP) is 3.89. The molecule has 1 N–H and O–H groups in total. The van der Waals surface area contributed by atoms with Gasteiger partial charge in [-0.05, 0) is 66.1 Å². The molecule has 1 aliphatic heterocycles. The minimum absolute atomic E-state index is 0.231. The van der Waals surface area contributed by atoms with Crippen LogP contribution in [0, 0.1) is 9.49 Å². The van der Waals surface area contributed by atoms with Gasteiger partial charge in [-0.25, -0.2) is 0 Å². The standard InChI is InChI=1S/C16H25IN2/c1-5-16(4)11-19(15(10-18-16)12(2)3)14-8-6-13(17)7-9-14/h6-9,12,15,18H,5,10-11H2,1-4H3. The van der Waals surface area contributed by atoms with E-state index in [9.17, 15) is 0 Å². The van der Waals surface area contributed by atoms with E-state index in [2.05, 4.69) is 84.8 Å². The summed E-state index contributed by atoms with van der Waals surface area (Å²) in [5, 5.41) is 3.74. The molecule has 2 unspecified atom stereocenters. The molecule has 0 spiro atoms. The molecule has 0 amide bonds. The number of benzene rings is 1. The van der Waals surface area contributed by atoms with Gasteiger partial charge in [-0.3, -0.25) is 0 Å². The van der Waals surface area contributed by atoms with E-state index in [0.717, 1.165) is 13.1 Å². The maximum Gasteiger partial charge on any atom is 0.0438 e. The van der Waals surface area contributed by atoms with Crippen LogP contribution in [0.3, 0.4) is 0 Å². The molecule has 0 radical (unpaired) electrons. The summed E-state index contributed by atoms with van der Waals surface area (Å²) in [5.74, 6) is 0.660. The molecule has 0 aliphatic carbocycles. The lowest BCUT2D eigenvalue weighted by Crippen LogP contribution is -2.64. The van der Waals surface area contributed by atoms with E-state index in [4.69, 9.17) is 0 Å². The molecule has 1 heterocycles. The molecule has 3 heteroatoms. The summed E-state index contributed by atoms with van der Waals surface area (Å²) in [6, 6.07) is 9.52. The van der Waals surface area contributed by atoms with Crippen LogP contribution in [-0.2, 0) is 0 Å². The predicted molar refractivity (Wildman–Crippen MR) is 91.8 cm³/mol. The van der Waals surface area contributed by atoms with Crippen molar-refractivity contribution in [3.8, 4) is 0 Å². The third kappa shape index (κ3) is 3.43. The lowest BCUT2D eigenvalue weighted by Gasteiger charge is -2.48. The highest BCUT2D eigenvalue weighted by Gasteiger charge is 2.35. The van der Waals surface area contributed by atoms with Gasteiger partial charge in [-0.15, -0.1) is 0 Å². The van der Waals surface area contributed by atoms with Gasteiger partial charge in [-0.2, -0.15) is 0 Å². The Balaban J connectivity index is 2.27. The summed E-state index contributed by atoms with van der Waals surface area (Å²) in [6.07, 6.45) is 1.17. The van der Waals surface area contributed by atoms with Crippen LogP contribution >= 0.6 is 22.6 Å². The summed E-state index contributed by atoms with van der Waals surface area (Å²) in [6.45, 7) is 11.4. The van der Waals surface area contributed by atoms with Crippen molar-refractivity contribution in [2.75, 3.05) is 18.0 Å². The maximum absolute atomic E-state index is 3.74. The van der Waals surface area contributed by atoms with Crippen molar-refractivity contribution in [2.45, 2.75) is 45.7 Å². The average molecular weight is 372 g/mol. The second kappa shape index (κ2) is 6.00. The maximum atomic E-state index is 3.74. The molecule has 1 saturated heterocycles. The van der Waals surface area contributed by atoms with Crippen molar-refractivity contribution in [1.82, 2.24) is 5.32 Å². The van der Waals surface area contributed by atoms with E-state index >= 15 is 0 Å². The molecule has 2 nitrogen and oxygen atoms in total. The second-order valence-electron chi connectivity index (χ2n) is 6.21. The zero-order chi connectivity index (χ0) is 14.0. The zero-order valence-corrected chi connectivity index (χ0v) is 14.6. The summed E-state index contributed by atoms with van der Waals surface area (Å²) < 4.78 is 1.30. The Hall–Kier alpha value is -0.290. The van der Waals surface area contributed by atoms with Crippen molar-refractivity contribution >= 4 is 28.3 Å². The van der Waals surface area contributed by atoms with E-state index in [1.165, 1.54) is 15.7 Å². The highest BCUT2D eigenvalue weighted by atomic mass is 127. The van der Waals surface area contributed by atoms with Crippen molar-refractivity contribution < 1.29 is 0 Å². The summed E-state index contributed by atoms with van der Waals surface area (Å²) in [5.41, 5.74) is 1.59. The lowest BCUT2D eigenvalue weighted by molar-refractivity contribution is 0.253. The third-order valence-electron chi connectivity index (χ3n) is 4.37. The topological polar surface area (TPSA) is 15.3 Å². The molecule has 1 aromatic carbocycles. The highest BCUT2D eigenvalue weighted by Crippen LogP contribution is 2.28. The zero-order valence-electron chi connectivity index (χ0n) is 12.4. The Morgan fingerprint density at radius 3 is 2.53 bits per heavy atom. The van der Waals surface area contributed by atoms with Crippen LogP contribution in [0.5, 0.6) is 0 Å². The van der Waals surface area contributed by atoms with Gasteiger partial charge in [0.25, 0.3) is 0 Å². The van der Waals surface area contributed by atoms with Gasteiger partial charge < -0.3 is 10.2 Å². The number of nitrogens with one attached hydrogen (secondary N) is 1. The largest absolute Gasteiger partial charge is 0.365 e. The van der Waals surface area contributed by atoms with Gasteiger partial charge >= 0.3 is 0 Å². The Morgan fingerprint density at radius 2 is 2.00 bits per heavy atom. The van der Waals surface area contributed by atoms with Crippen LogP contribution < -0.4 is 10.2 Å². The van der Waals surface area contributed by atoms with Crippen LogP contribution in [0.2, 0.25) is 0 Å².